The first kappa shape index (κ1) is 12.5. The number of hydrogen-bond donors (Lipinski definition) is 2. The first-order valence-corrected chi connectivity index (χ1v) is 7.14. The van der Waals surface area contributed by atoms with E-state index in [-0.39, 0.29) is 11.8 Å². The van der Waals surface area contributed by atoms with E-state index in [2.05, 4.69) is 25.6 Å². The quantitative estimate of drug-likeness (QED) is 0.739. The molecule has 8 heteroatoms. The Morgan fingerprint density at radius 2 is 2.29 bits per heavy atom. The van der Waals surface area contributed by atoms with E-state index in [1.807, 2.05) is 11.7 Å². The maximum absolute atomic E-state index is 12.7. The Bertz CT molecular complexity index is 675. The number of rotatable bonds is 1. The van der Waals surface area contributed by atoms with E-state index in [1.165, 1.54) is 0 Å². The van der Waals surface area contributed by atoms with Crippen LogP contribution in [0.1, 0.15) is 33.5 Å². The van der Waals surface area contributed by atoms with Crippen LogP contribution < -0.4 is 5.32 Å². The van der Waals surface area contributed by atoms with Crippen molar-refractivity contribution in [3.63, 3.8) is 0 Å². The molecule has 0 aliphatic carbocycles. The molecule has 4 rings (SSSR count). The molecule has 2 N–H and O–H groups in total. The number of nitrogens with zero attached hydrogens (tertiary/aromatic N) is 5. The zero-order chi connectivity index (χ0) is 14.4. The van der Waals surface area contributed by atoms with Crippen molar-refractivity contribution in [1.29, 1.82) is 0 Å². The molecular weight excluding hydrogens is 270 g/mol. The summed E-state index contributed by atoms with van der Waals surface area (Å²) in [5, 5.41) is 14.9. The summed E-state index contributed by atoms with van der Waals surface area (Å²) >= 11 is 0. The van der Waals surface area contributed by atoms with Crippen LogP contribution in [0, 0.1) is 0 Å². The molecule has 0 saturated heterocycles. The zero-order valence-electron chi connectivity index (χ0n) is 11.8. The molecule has 110 valence electrons. The van der Waals surface area contributed by atoms with Gasteiger partial charge in [0.1, 0.15) is 12.0 Å². The zero-order valence-corrected chi connectivity index (χ0v) is 11.8. The van der Waals surface area contributed by atoms with Gasteiger partial charge in [0.2, 0.25) is 0 Å². The summed E-state index contributed by atoms with van der Waals surface area (Å²) in [5.41, 5.74) is 2.81. The van der Waals surface area contributed by atoms with Gasteiger partial charge in [-0.3, -0.25) is 14.6 Å². The van der Waals surface area contributed by atoms with Gasteiger partial charge in [-0.1, -0.05) is 0 Å². The third-order valence-corrected chi connectivity index (χ3v) is 4.21. The summed E-state index contributed by atoms with van der Waals surface area (Å²) in [6.45, 7) is 2.87. The second kappa shape index (κ2) is 4.66. The number of H-pyrrole nitrogens is 1. The van der Waals surface area contributed by atoms with Crippen molar-refractivity contribution in [2.45, 2.75) is 25.4 Å². The van der Waals surface area contributed by atoms with Crippen molar-refractivity contribution in [1.82, 2.24) is 35.2 Å². The maximum Gasteiger partial charge on any atom is 0.272 e. The Balaban J connectivity index is 1.79. The average Bonchev–Trinajstić information content (AvgIpc) is 3.10. The van der Waals surface area contributed by atoms with Crippen LogP contribution in [0.2, 0.25) is 0 Å². The Kier molecular flexibility index (Phi) is 2.78. The summed E-state index contributed by atoms with van der Waals surface area (Å²) < 4.78 is 1.85. The summed E-state index contributed by atoms with van der Waals surface area (Å²) in [5.74, 6) is 0.820. The number of carbonyl (C=O) groups is 1. The SMILES string of the molecule is CN1CC(c2nc[nH]n2)Cn2nc3c(c2C1=O)CNCC3. The number of nitrogens with one attached hydrogen (secondary N) is 2. The molecule has 8 nitrogen and oxygen atoms in total. The van der Waals surface area contributed by atoms with E-state index in [0.717, 1.165) is 42.3 Å². The van der Waals surface area contributed by atoms with Gasteiger partial charge in [-0.2, -0.15) is 10.2 Å². The van der Waals surface area contributed by atoms with E-state index >= 15 is 0 Å². The monoisotopic (exact) mass is 287 g/mol. The van der Waals surface area contributed by atoms with Gasteiger partial charge in [-0.05, 0) is 0 Å². The van der Waals surface area contributed by atoms with Crippen LogP contribution in [-0.2, 0) is 19.5 Å². The fourth-order valence-corrected chi connectivity index (χ4v) is 3.17. The smallest absolute Gasteiger partial charge is 0.272 e. The van der Waals surface area contributed by atoms with Gasteiger partial charge in [-0.25, -0.2) is 4.98 Å². The molecule has 1 amide bonds. The molecule has 2 aliphatic heterocycles. The lowest BCUT2D eigenvalue weighted by atomic mass is 10.1. The Labute approximate surface area is 121 Å². The van der Waals surface area contributed by atoms with Crippen LogP contribution in [-0.4, -0.2) is 55.9 Å². The molecular formula is C13H17N7O. The molecule has 0 radical (unpaired) electrons. The second-order valence-corrected chi connectivity index (χ2v) is 5.62. The molecule has 2 aromatic rings. The summed E-state index contributed by atoms with van der Waals surface area (Å²) in [7, 11) is 1.83. The van der Waals surface area contributed by atoms with Gasteiger partial charge < -0.3 is 10.2 Å². The normalized spacial score (nSPS) is 21.9. The van der Waals surface area contributed by atoms with Gasteiger partial charge in [-0.15, -0.1) is 0 Å². The van der Waals surface area contributed by atoms with Gasteiger partial charge in [0.05, 0.1) is 18.2 Å². The minimum atomic E-state index is 0.0329. The van der Waals surface area contributed by atoms with Crippen molar-refractivity contribution in [3.8, 4) is 0 Å². The van der Waals surface area contributed by atoms with Crippen LogP contribution in [0.5, 0.6) is 0 Å². The van der Waals surface area contributed by atoms with E-state index < -0.39 is 0 Å². The molecule has 21 heavy (non-hydrogen) atoms. The highest BCUT2D eigenvalue weighted by Crippen LogP contribution is 2.26. The third kappa shape index (κ3) is 1.94. The number of likely N-dealkylation sites (N-methyl/N-ethyl adjacent to an activating group) is 1. The van der Waals surface area contributed by atoms with E-state index in [0.29, 0.717) is 13.1 Å². The minimum Gasteiger partial charge on any atom is -0.340 e. The second-order valence-electron chi connectivity index (χ2n) is 5.62. The molecule has 2 aromatic heterocycles. The number of aromatic amines is 1. The molecule has 2 aliphatic rings. The number of amides is 1. The number of aromatic nitrogens is 5. The van der Waals surface area contributed by atoms with Crippen molar-refractivity contribution in [2.75, 3.05) is 20.1 Å². The highest BCUT2D eigenvalue weighted by atomic mass is 16.2. The number of hydrogen-bond acceptors (Lipinski definition) is 5. The van der Waals surface area contributed by atoms with Crippen molar-refractivity contribution >= 4 is 5.91 Å². The van der Waals surface area contributed by atoms with E-state index in [1.54, 1.807) is 11.2 Å². The topological polar surface area (TPSA) is 91.7 Å². The Morgan fingerprint density at radius 3 is 3.10 bits per heavy atom. The Hall–Kier alpha value is -2.22. The molecule has 0 bridgehead atoms. The van der Waals surface area contributed by atoms with Crippen molar-refractivity contribution in [2.24, 2.45) is 0 Å². The molecule has 1 unspecified atom stereocenters. The van der Waals surface area contributed by atoms with E-state index in [4.69, 9.17) is 0 Å². The summed E-state index contributed by atoms with van der Waals surface area (Å²) in [4.78, 5) is 18.7. The molecule has 4 heterocycles. The molecule has 0 spiro atoms. The fourth-order valence-electron chi connectivity index (χ4n) is 3.17. The minimum absolute atomic E-state index is 0.0329. The van der Waals surface area contributed by atoms with Crippen molar-refractivity contribution < 1.29 is 4.79 Å². The maximum atomic E-state index is 12.7. The lowest BCUT2D eigenvalue weighted by Crippen LogP contribution is -2.31. The molecule has 0 saturated carbocycles. The first-order valence-electron chi connectivity index (χ1n) is 7.14. The molecule has 0 aromatic carbocycles. The Morgan fingerprint density at radius 1 is 1.38 bits per heavy atom. The van der Waals surface area contributed by atoms with Crippen LogP contribution >= 0.6 is 0 Å². The summed E-state index contributed by atoms with van der Waals surface area (Å²) in [6, 6.07) is 0. The number of fused-ring (bicyclic) bond motifs is 3. The van der Waals surface area contributed by atoms with Gasteiger partial charge in [0.25, 0.3) is 5.91 Å². The van der Waals surface area contributed by atoms with E-state index in [9.17, 15) is 4.79 Å². The van der Waals surface area contributed by atoms with Crippen LogP contribution in [0.3, 0.4) is 0 Å². The third-order valence-electron chi connectivity index (χ3n) is 4.21. The highest BCUT2D eigenvalue weighted by Gasteiger charge is 2.33. The van der Waals surface area contributed by atoms with Gasteiger partial charge >= 0.3 is 0 Å². The number of carbonyl (C=O) groups excluding carboxylic acids is 1. The van der Waals surface area contributed by atoms with Crippen LogP contribution in [0.25, 0.3) is 0 Å². The predicted molar refractivity (Wildman–Crippen MR) is 73.7 cm³/mol. The largest absolute Gasteiger partial charge is 0.340 e. The van der Waals surface area contributed by atoms with Gasteiger partial charge in [0.15, 0.2) is 5.82 Å². The van der Waals surface area contributed by atoms with Crippen LogP contribution in [0.4, 0.5) is 0 Å². The first-order chi connectivity index (χ1) is 10.2. The highest BCUT2D eigenvalue weighted by molar-refractivity contribution is 5.94. The van der Waals surface area contributed by atoms with Crippen LogP contribution in [0.15, 0.2) is 6.33 Å². The molecule has 0 fully saturated rings. The van der Waals surface area contributed by atoms with Gasteiger partial charge in [0, 0.05) is 38.7 Å². The standard InChI is InChI=1S/C13H17N7O/c1-19-5-8(12-15-7-16-17-12)6-20-11(13(19)21)9-4-14-3-2-10(9)18-20/h7-8,14H,2-6H2,1H3,(H,15,16,17). The van der Waals surface area contributed by atoms with Crippen molar-refractivity contribution in [3.05, 3.63) is 29.1 Å². The fraction of sp³-hybridized carbons (Fsp3) is 0.538. The summed E-state index contributed by atoms with van der Waals surface area (Å²) in [6.07, 6.45) is 2.44. The lowest BCUT2D eigenvalue weighted by Gasteiger charge is -2.19. The predicted octanol–water partition coefficient (Wildman–Crippen LogP) is -0.484. The average molecular weight is 287 g/mol. The lowest BCUT2D eigenvalue weighted by molar-refractivity contribution is 0.0789. The molecule has 1 atom stereocenters.